The Balaban J connectivity index is 1.95. The van der Waals surface area contributed by atoms with Gasteiger partial charge in [-0.3, -0.25) is 4.79 Å². The van der Waals surface area contributed by atoms with Crippen LogP contribution in [0.15, 0.2) is 18.2 Å². The minimum Gasteiger partial charge on any atom is -0.491 e. The van der Waals surface area contributed by atoms with Crippen LogP contribution in [0.4, 0.5) is 5.69 Å². The van der Waals surface area contributed by atoms with Crippen LogP contribution < -0.4 is 15.8 Å². The quantitative estimate of drug-likeness (QED) is 0.836. The van der Waals surface area contributed by atoms with Crippen LogP contribution in [-0.2, 0) is 4.79 Å². The summed E-state index contributed by atoms with van der Waals surface area (Å²) in [6.45, 7) is 1.37. The Morgan fingerprint density at radius 3 is 2.65 bits per heavy atom. The van der Waals surface area contributed by atoms with E-state index in [0.29, 0.717) is 23.1 Å². The third kappa shape index (κ3) is 5.09. The summed E-state index contributed by atoms with van der Waals surface area (Å²) in [5.41, 5.74) is 6.13. The van der Waals surface area contributed by atoms with Crippen molar-refractivity contribution in [2.24, 2.45) is 5.73 Å². The number of ether oxygens (including phenoxy) is 1. The van der Waals surface area contributed by atoms with E-state index in [2.05, 4.69) is 5.32 Å². The topological polar surface area (TPSA) is 67.6 Å². The zero-order valence-electron chi connectivity index (χ0n) is 13.9. The Morgan fingerprint density at radius 1 is 1.35 bits per heavy atom. The highest BCUT2D eigenvalue weighted by molar-refractivity contribution is 6.32. The molecule has 2 rings (SSSR count). The molecule has 1 amide bonds. The first-order valence-electron chi connectivity index (χ1n) is 8.08. The number of amides is 1. The summed E-state index contributed by atoms with van der Waals surface area (Å²) >= 11 is 6.23. The molecule has 1 aliphatic rings. The molecule has 0 atom stereocenters. The summed E-state index contributed by atoms with van der Waals surface area (Å²) in [7, 11) is 3.97. The molecule has 1 aromatic rings. The normalized spacial score (nSPS) is 17.1. The molecule has 5 nitrogen and oxygen atoms in total. The van der Waals surface area contributed by atoms with Crippen LogP contribution >= 0.6 is 11.6 Å². The predicted molar refractivity (Wildman–Crippen MR) is 94.1 cm³/mol. The number of nitrogens with two attached hydrogens (primary N) is 1. The lowest BCUT2D eigenvalue weighted by Crippen LogP contribution is -2.52. The van der Waals surface area contributed by atoms with E-state index in [-0.39, 0.29) is 5.91 Å². The van der Waals surface area contributed by atoms with Gasteiger partial charge in [-0.1, -0.05) is 30.9 Å². The van der Waals surface area contributed by atoms with Gasteiger partial charge in [0.05, 0.1) is 10.6 Å². The Labute approximate surface area is 143 Å². The van der Waals surface area contributed by atoms with E-state index in [1.165, 1.54) is 0 Å². The van der Waals surface area contributed by atoms with Gasteiger partial charge in [0, 0.05) is 12.2 Å². The van der Waals surface area contributed by atoms with E-state index in [1.54, 1.807) is 18.2 Å². The maximum absolute atomic E-state index is 12.4. The number of halogens is 1. The van der Waals surface area contributed by atoms with Gasteiger partial charge in [-0.2, -0.15) is 0 Å². The van der Waals surface area contributed by atoms with E-state index >= 15 is 0 Å². The Hall–Kier alpha value is -1.30. The van der Waals surface area contributed by atoms with Gasteiger partial charge in [-0.25, -0.2) is 0 Å². The molecule has 0 spiro atoms. The van der Waals surface area contributed by atoms with Gasteiger partial charge in [0.2, 0.25) is 5.91 Å². The van der Waals surface area contributed by atoms with Crippen LogP contribution in [0.2, 0.25) is 5.02 Å². The number of carbonyl (C=O) groups is 1. The van der Waals surface area contributed by atoms with Gasteiger partial charge < -0.3 is 20.7 Å². The number of likely N-dealkylation sites (N-methyl/N-ethyl adjacent to an activating group) is 1. The number of hydrogen-bond donors (Lipinski definition) is 2. The molecule has 1 fully saturated rings. The standard InChI is InChI=1S/C17H26ClN3O2/c1-21(2)10-11-23-15-7-6-13(12-14(15)18)20-16(22)17(19)8-4-3-5-9-17/h6-7,12H,3-5,8-11,19H2,1-2H3,(H,20,22). The highest BCUT2D eigenvalue weighted by Crippen LogP contribution is 2.30. The molecule has 0 aromatic heterocycles. The monoisotopic (exact) mass is 339 g/mol. The molecule has 1 saturated carbocycles. The number of nitrogens with zero attached hydrogens (tertiary/aromatic N) is 1. The van der Waals surface area contributed by atoms with Crippen molar-refractivity contribution in [3.8, 4) is 5.75 Å². The van der Waals surface area contributed by atoms with Crippen LogP contribution in [0, 0.1) is 0 Å². The van der Waals surface area contributed by atoms with Crippen LogP contribution in [0.1, 0.15) is 32.1 Å². The zero-order chi connectivity index (χ0) is 16.9. The third-order valence-electron chi connectivity index (χ3n) is 4.18. The number of carbonyl (C=O) groups excluding carboxylic acids is 1. The molecule has 1 aliphatic carbocycles. The van der Waals surface area contributed by atoms with Gasteiger partial charge in [-0.15, -0.1) is 0 Å². The van der Waals surface area contributed by atoms with Gasteiger partial charge in [0.1, 0.15) is 12.4 Å². The Morgan fingerprint density at radius 2 is 2.04 bits per heavy atom. The zero-order valence-corrected chi connectivity index (χ0v) is 14.7. The fourth-order valence-electron chi connectivity index (χ4n) is 2.70. The van der Waals surface area contributed by atoms with Gasteiger partial charge >= 0.3 is 0 Å². The van der Waals surface area contributed by atoms with Crippen molar-refractivity contribution in [2.75, 3.05) is 32.6 Å². The van der Waals surface area contributed by atoms with E-state index in [1.807, 2.05) is 19.0 Å². The Kier molecular flexibility index (Phi) is 6.27. The highest BCUT2D eigenvalue weighted by Gasteiger charge is 2.35. The lowest BCUT2D eigenvalue weighted by molar-refractivity contribution is -0.122. The SMILES string of the molecule is CN(C)CCOc1ccc(NC(=O)C2(N)CCCCC2)cc1Cl. The van der Waals surface area contributed by atoms with E-state index in [9.17, 15) is 4.79 Å². The first-order valence-corrected chi connectivity index (χ1v) is 8.46. The third-order valence-corrected chi connectivity index (χ3v) is 4.48. The summed E-state index contributed by atoms with van der Waals surface area (Å²) in [6, 6.07) is 5.27. The van der Waals surface area contributed by atoms with Crippen molar-refractivity contribution < 1.29 is 9.53 Å². The molecule has 0 heterocycles. The molecular weight excluding hydrogens is 314 g/mol. The van der Waals surface area contributed by atoms with Crippen molar-refractivity contribution in [1.82, 2.24) is 4.90 Å². The smallest absolute Gasteiger partial charge is 0.244 e. The average molecular weight is 340 g/mol. The lowest BCUT2D eigenvalue weighted by atomic mass is 9.82. The number of anilines is 1. The minimum absolute atomic E-state index is 0.130. The van der Waals surface area contributed by atoms with Crippen LogP contribution in [0.5, 0.6) is 5.75 Å². The summed E-state index contributed by atoms with van der Waals surface area (Å²) < 4.78 is 5.63. The van der Waals surface area contributed by atoms with Crippen molar-refractivity contribution in [3.05, 3.63) is 23.2 Å². The highest BCUT2D eigenvalue weighted by atomic mass is 35.5. The maximum Gasteiger partial charge on any atom is 0.244 e. The van der Waals surface area contributed by atoms with Crippen LogP contribution in [-0.4, -0.2) is 43.6 Å². The maximum atomic E-state index is 12.4. The van der Waals surface area contributed by atoms with Gasteiger partial charge in [0.15, 0.2) is 0 Å². The molecule has 6 heteroatoms. The fourth-order valence-corrected chi connectivity index (χ4v) is 2.93. The summed E-state index contributed by atoms with van der Waals surface area (Å²) in [4.78, 5) is 14.5. The minimum atomic E-state index is -0.758. The van der Waals surface area contributed by atoms with E-state index in [4.69, 9.17) is 22.1 Å². The molecular formula is C17H26ClN3O2. The molecule has 0 bridgehead atoms. The van der Waals surface area contributed by atoms with Crippen LogP contribution in [0.25, 0.3) is 0 Å². The van der Waals surface area contributed by atoms with Gasteiger partial charge in [-0.05, 0) is 45.1 Å². The molecule has 0 aliphatic heterocycles. The molecule has 0 saturated heterocycles. The predicted octanol–water partition coefficient (Wildman–Crippen LogP) is 2.88. The molecule has 128 valence electrons. The average Bonchev–Trinajstić information content (AvgIpc) is 2.50. The second-order valence-electron chi connectivity index (χ2n) is 6.47. The first-order chi connectivity index (χ1) is 10.9. The van der Waals surface area contributed by atoms with Crippen molar-refractivity contribution in [2.45, 2.75) is 37.6 Å². The lowest BCUT2D eigenvalue weighted by Gasteiger charge is -2.31. The van der Waals surface area contributed by atoms with Crippen molar-refractivity contribution in [3.63, 3.8) is 0 Å². The Bertz CT molecular complexity index is 543. The number of rotatable bonds is 6. The summed E-state index contributed by atoms with van der Waals surface area (Å²) in [5, 5.41) is 3.37. The molecule has 1 aromatic carbocycles. The molecule has 3 N–H and O–H groups in total. The number of nitrogens with one attached hydrogen (secondary N) is 1. The molecule has 23 heavy (non-hydrogen) atoms. The van der Waals surface area contributed by atoms with E-state index in [0.717, 1.165) is 38.6 Å². The van der Waals surface area contributed by atoms with Gasteiger partial charge in [0.25, 0.3) is 0 Å². The van der Waals surface area contributed by atoms with Crippen LogP contribution in [0.3, 0.4) is 0 Å². The second kappa shape index (κ2) is 7.99. The number of hydrogen-bond acceptors (Lipinski definition) is 4. The molecule has 0 unspecified atom stereocenters. The summed E-state index contributed by atoms with van der Waals surface area (Å²) in [6.07, 6.45) is 4.63. The van der Waals surface area contributed by atoms with E-state index < -0.39 is 5.54 Å². The number of benzene rings is 1. The fraction of sp³-hybridized carbons (Fsp3) is 0.588. The summed E-state index contributed by atoms with van der Waals surface area (Å²) in [5.74, 6) is 0.487. The second-order valence-corrected chi connectivity index (χ2v) is 6.88. The molecule has 0 radical (unpaired) electrons. The van der Waals surface area contributed by atoms with Crippen molar-refractivity contribution in [1.29, 1.82) is 0 Å². The van der Waals surface area contributed by atoms with Crippen molar-refractivity contribution >= 4 is 23.2 Å². The largest absolute Gasteiger partial charge is 0.491 e. The first kappa shape index (κ1) is 18.0.